The van der Waals surface area contributed by atoms with E-state index < -0.39 is 6.10 Å². The van der Waals surface area contributed by atoms with Crippen LogP contribution in [0.2, 0.25) is 0 Å². The van der Waals surface area contributed by atoms with Crippen molar-refractivity contribution in [3.63, 3.8) is 0 Å². The van der Waals surface area contributed by atoms with Gasteiger partial charge in [0.15, 0.2) is 5.82 Å². The minimum absolute atomic E-state index is 0.213. The number of aliphatic hydroxyl groups is 1. The van der Waals surface area contributed by atoms with Crippen molar-refractivity contribution in [2.45, 2.75) is 31.5 Å². The number of hydrogen-bond acceptors (Lipinski definition) is 9. The SMILES string of the molecule is Cc1c([C@@H](O)CN2CC[C@@](CNC(=O)c3ccc(-n4cnnn4)nc3)(c3ccccc3)C2)ccc2c1COC2=O. The fourth-order valence-electron chi connectivity index (χ4n) is 5.73. The van der Waals surface area contributed by atoms with E-state index in [0.717, 1.165) is 35.2 Å². The maximum Gasteiger partial charge on any atom is 0.338 e. The van der Waals surface area contributed by atoms with Crippen LogP contribution in [0, 0.1) is 6.92 Å². The minimum atomic E-state index is -0.716. The molecule has 2 aromatic carbocycles. The van der Waals surface area contributed by atoms with Crippen molar-refractivity contribution >= 4 is 11.9 Å². The van der Waals surface area contributed by atoms with Gasteiger partial charge in [-0.1, -0.05) is 36.4 Å². The second-order valence-electron chi connectivity index (χ2n) is 10.4. The summed E-state index contributed by atoms with van der Waals surface area (Å²) in [5.74, 6) is -0.00673. The second-order valence-corrected chi connectivity index (χ2v) is 10.4. The summed E-state index contributed by atoms with van der Waals surface area (Å²) >= 11 is 0. The number of likely N-dealkylation sites (tertiary alicyclic amines) is 1. The summed E-state index contributed by atoms with van der Waals surface area (Å²) < 4.78 is 6.59. The van der Waals surface area contributed by atoms with Crippen molar-refractivity contribution in [1.29, 1.82) is 0 Å². The van der Waals surface area contributed by atoms with Crippen molar-refractivity contribution in [3.05, 3.63) is 101 Å². The lowest BCUT2D eigenvalue weighted by Crippen LogP contribution is -2.43. The Morgan fingerprint density at radius 3 is 2.77 bits per heavy atom. The lowest BCUT2D eigenvalue weighted by molar-refractivity contribution is 0.0534. The third-order valence-corrected chi connectivity index (χ3v) is 8.00. The first-order valence-electron chi connectivity index (χ1n) is 13.2. The first-order valence-corrected chi connectivity index (χ1v) is 13.2. The fraction of sp³-hybridized carbons (Fsp3) is 0.310. The van der Waals surface area contributed by atoms with Crippen LogP contribution in [0.25, 0.3) is 5.82 Å². The molecule has 0 bridgehead atoms. The molecule has 1 saturated heterocycles. The Morgan fingerprint density at radius 1 is 1.18 bits per heavy atom. The first-order chi connectivity index (χ1) is 19.4. The number of nitrogens with one attached hydrogen (secondary N) is 1. The fourth-order valence-corrected chi connectivity index (χ4v) is 5.73. The summed E-state index contributed by atoms with van der Waals surface area (Å²) in [7, 11) is 0. The van der Waals surface area contributed by atoms with E-state index in [4.69, 9.17) is 4.74 Å². The van der Waals surface area contributed by atoms with Gasteiger partial charge < -0.3 is 15.2 Å². The van der Waals surface area contributed by atoms with E-state index in [9.17, 15) is 14.7 Å². The molecule has 2 aliphatic rings. The maximum absolute atomic E-state index is 13.1. The summed E-state index contributed by atoms with van der Waals surface area (Å²) in [4.78, 5) is 31.5. The molecule has 40 heavy (non-hydrogen) atoms. The molecule has 0 aliphatic carbocycles. The van der Waals surface area contributed by atoms with E-state index >= 15 is 0 Å². The molecule has 0 spiro atoms. The Bertz CT molecular complexity index is 1530. The topological polar surface area (TPSA) is 135 Å². The van der Waals surface area contributed by atoms with Crippen molar-refractivity contribution in [2.75, 3.05) is 26.2 Å². The third kappa shape index (κ3) is 4.85. The Kier molecular flexibility index (Phi) is 6.82. The van der Waals surface area contributed by atoms with Gasteiger partial charge in [-0.25, -0.2) is 9.78 Å². The molecule has 1 amide bonds. The zero-order valence-electron chi connectivity index (χ0n) is 22.0. The number of β-amino-alcohol motifs (C(OH)–C–C–N with tert-alkyl or cyclic N) is 1. The Labute approximate surface area is 230 Å². The van der Waals surface area contributed by atoms with Crippen LogP contribution in [-0.2, 0) is 16.8 Å². The normalized spacial score (nSPS) is 19.3. The average Bonchev–Trinajstić information content (AvgIpc) is 3.74. The van der Waals surface area contributed by atoms with Gasteiger partial charge in [0.2, 0.25) is 0 Å². The van der Waals surface area contributed by atoms with Crippen LogP contribution in [0.1, 0.15) is 55.5 Å². The van der Waals surface area contributed by atoms with E-state index in [1.165, 1.54) is 17.2 Å². The first kappa shape index (κ1) is 25.8. The van der Waals surface area contributed by atoms with Crippen LogP contribution in [-0.4, -0.2) is 73.3 Å². The van der Waals surface area contributed by atoms with Gasteiger partial charge in [-0.15, -0.1) is 5.10 Å². The van der Waals surface area contributed by atoms with Gasteiger partial charge in [0, 0.05) is 36.8 Å². The van der Waals surface area contributed by atoms with E-state index in [1.807, 2.05) is 31.2 Å². The van der Waals surface area contributed by atoms with E-state index in [1.54, 1.807) is 18.2 Å². The number of carbonyl (C=O) groups is 2. The third-order valence-electron chi connectivity index (χ3n) is 8.00. The molecule has 11 nitrogen and oxygen atoms in total. The summed E-state index contributed by atoms with van der Waals surface area (Å²) in [6, 6.07) is 17.1. The maximum atomic E-state index is 13.1. The van der Waals surface area contributed by atoms with Crippen molar-refractivity contribution in [1.82, 2.24) is 35.4 Å². The summed E-state index contributed by atoms with van der Waals surface area (Å²) in [5.41, 5.74) is 4.41. The number of rotatable bonds is 8. The Hall–Kier alpha value is -4.48. The lowest BCUT2D eigenvalue weighted by Gasteiger charge is -2.31. The number of carbonyl (C=O) groups excluding carboxylic acids is 2. The highest BCUT2D eigenvalue weighted by Crippen LogP contribution is 2.36. The summed E-state index contributed by atoms with van der Waals surface area (Å²) in [5, 5.41) is 25.3. The standard InChI is InChI=1S/C29H29N7O4/c1-19-22(8-9-23-24(19)15-40-28(23)39)25(37)14-35-12-11-29(17-35,21-5-3-2-4-6-21)16-31-27(38)20-7-10-26(30-13-20)36-18-32-33-34-36/h2-10,13,18,25,37H,11-12,14-17H2,1H3,(H,31,38)/t25-,29-/m0/s1. The molecular weight excluding hydrogens is 510 g/mol. The molecule has 1 fully saturated rings. The number of nitrogens with zero attached hydrogens (tertiary/aromatic N) is 6. The molecule has 0 unspecified atom stereocenters. The lowest BCUT2D eigenvalue weighted by atomic mass is 9.79. The number of tetrazole rings is 1. The molecule has 0 radical (unpaired) electrons. The number of amides is 1. The number of ether oxygens (including phenoxy) is 1. The molecule has 2 atom stereocenters. The highest BCUT2D eigenvalue weighted by molar-refractivity contribution is 5.94. The van der Waals surface area contributed by atoms with Gasteiger partial charge in [0.1, 0.15) is 12.9 Å². The number of fused-ring (bicyclic) bond motifs is 1. The van der Waals surface area contributed by atoms with E-state index in [2.05, 4.69) is 42.9 Å². The van der Waals surface area contributed by atoms with Crippen molar-refractivity contribution in [2.24, 2.45) is 0 Å². The van der Waals surface area contributed by atoms with Gasteiger partial charge >= 0.3 is 5.97 Å². The molecule has 2 aliphatic heterocycles. The zero-order chi connectivity index (χ0) is 27.7. The number of benzene rings is 2. The molecule has 6 rings (SSSR count). The minimum Gasteiger partial charge on any atom is -0.457 e. The van der Waals surface area contributed by atoms with Gasteiger partial charge in [-0.05, 0) is 65.2 Å². The molecular formula is C29H29N7O4. The molecule has 2 N–H and O–H groups in total. The number of cyclic esters (lactones) is 1. The number of aliphatic hydroxyl groups excluding tert-OH is 1. The second kappa shape index (κ2) is 10.6. The van der Waals surface area contributed by atoms with Crippen LogP contribution < -0.4 is 5.32 Å². The number of pyridine rings is 1. The van der Waals surface area contributed by atoms with Gasteiger partial charge in [0.25, 0.3) is 5.91 Å². The summed E-state index contributed by atoms with van der Waals surface area (Å²) in [6.45, 7) is 4.51. The largest absolute Gasteiger partial charge is 0.457 e. The Morgan fingerprint density at radius 2 is 2.02 bits per heavy atom. The van der Waals surface area contributed by atoms with Crippen molar-refractivity contribution < 1.29 is 19.4 Å². The van der Waals surface area contributed by atoms with Gasteiger partial charge in [-0.2, -0.15) is 4.68 Å². The Balaban J connectivity index is 1.15. The summed E-state index contributed by atoms with van der Waals surface area (Å²) in [6.07, 6.45) is 3.06. The van der Waals surface area contributed by atoms with Gasteiger partial charge in [-0.3, -0.25) is 9.69 Å². The van der Waals surface area contributed by atoms with Crippen LogP contribution in [0.5, 0.6) is 0 Å². The predicted molar refractivity (Wildman–Crippen MR) is 144 cm³/mol. The number of aromatic nitrogens is 5. The van der Waals surface area contributed by atoms with Gasteiger partial charge in [0.05, 0.1) is 17.2 Å². The predicted octanol–water partition coefficient (Wildman–Crippen LogP) is 2.14. The van der Waals surface area contributed by atoms with Crippen LogP contribution >= 0.6 is 0 Å². The number of esters is 1. The number of hydrogen-bond donors (Lipinski definition) is 2. The smallest absolute Gasteiger partial charge is 0.338 e. The highest BCUT2D eigenvalue weighted by atomic mass is 16.5. The van der Waals surface area contributed by atoms with E-state index in [-0.39, 0.29) is 23.9 Å². The van der Waals surface area contributed by atoms with Crippen LogP contribution in [0.3, 0.4) is 0 Å². The average molecular weight is 540 g/mol. The zero-order valence-corrected chi connectivity index (χ0v) is 22.0. The van der Waals surface area contributed by atoms with E-state index in [0.29, 0.717) is 36.6 Å². The highest BCUT2D eigenvalue weighted by Gasteiger charge is 2.40. The molecule has 0 saturated carbocycles. The molecule has 11 heteroatoms. The molecule has 2 aromatic heterocycles. The quantitative estimate of drug-likeness (QED) is 0.323. The molecule has 4 aromatic rings. The van der Waals surface area contributed by atoms with Crippen LogP contribution in [0.4, 0.5) is 0 Å². The monoisotopic (exact) mass is 539 g/mol. The van der Waals surface area contributed by atoms with Crippen LogP contribution in [0.15, 0.2) is 67.1 Å². The van der Waals surface area contributed by atoms with Crippen molar-refractivity contribution in [3.8, 4) is 5.82 Å². The molecule has 4 heterocycles. The molecule has 204 valence electrons.